The van der Waals surface area contributed by atoms with Crippen LogP contribution in [0.5, 0.6) is 5.75 Å². The first-order valence-corrected chi connectivity index (χ1v) is 11.1. The second-order valence-corrected chi connectivity index (χ2v) is 9.24. The third kappa shape index (κ3) is 4.71. The molecular formula is C23H22ClN3O4S. The zero-order valence-corrected chi connectivity index (χ0v) is 19.7. The summed E-state index contributed by atoms with van der Waals surface area (Å²) in [7, 11) is 1.62. The van der Waals surface area contributed by atoms with Crippen LogP contribution in [-0.4, -0.2) is 28.8 Å². The normalized spacial score (nSPS) is 11.5. The first-order chi connectivity index (χ1) is 15.2. The first-order valence-electron chi connectivity index (χ1n) is 9.87. The number of thiophene rings is 1. The van der Waals surface area contributed by atoms with E-state index in [-0.39, 0.29) is 11.8 Å². The van der Waals surface area contributed by atoms with Gasteiger partial charge in [0.15, 0.2) is 5.82 Å². The van der Waals surface area contributed by atoms with Crippen LogP contribution in [0.4, 0.5) is 10.6 Å². The number of amides is 1. The van der Waals surface area contributed by atoms with Crippen molar-refractivity contribution in [2.24, 2.45) is 0 Å². The Hall–Kier alpha value is -3.10. The monoisotopic (exact) mass is 471 g/mol. The van der Waals surface area contributed by atoms with Gasteiger partial charge in [-0.1, -0.05) is 12.1 Å². The summed E-state index contributed by atoms with van der Waals surface area (Å²) in [5.41, 5.74) is 1.81. The van der Waals surface area contributed by atoms with Crippen LogP contribution in [0, 0.1) is 0 Å². The van der Waals surface area contributed by atoms with Gasteiger partial charge in [-0.2, -0.15) is 4.98 Å². The molecule has 0 atom stereocenters. The van der Waals surface area contributed by atoms with Crippen LogP contribution in [0.1, 0.15) is 26.5 Å². The van der Waals surface area contributed by atoms with E-state index in [1.165, 1.54) is 16.2 Å². The predicted octanol–water partition coefficient (Wildman–Crippen LogP) is 6.56. The summed E-state index contributed by atoms with van der Waals surface area (Å²) in [6.07, 6.45) is 1.00. The number of anilines is 1. The Balaban J connectivity index is 1.82. The van der Waals surface area contributed by atoms with E-state index in [4.69, 9.17) is 25.5 Å². The third-order valence-electron chi connectivity index (χ3n) is 4.53. The molecule has 0 fully saturated rings. The Morgan fingerprint density at radius 3 is 2.56 bits per heavy atom. The molecule has 0 bridgehead atoms. The van der Waals surface area contributed by atoms with Gasteiger partial charge in [0.25, 0.3) is 0 Å². The van der Waals surface area contributed by atoms with E-state index in [1.54, 1.807) is 25.5 Å². The van der Waals surface area contributed by atoms with Crippen LogP contribution < -0.4 is 9.64 Å². The van der Waals surface area contributed by atoms with Crippen molar-refractivity contribution >= 4 is 45.1 Å². The number of methoxy groups -OCH3 is 1. The molecule has 0 aliphatic rings. The van der Waals surface area contributed by atoms with Crippen LogP contribution in [0.2, 0.25) is 5.28 Å². The second-order valence-electron chi connectivity index (χ2n) is 8.02. The number of rotatable bonds is 5. The highest BCUT2D eigenvalue weighted by Gasteiger charge is 2.28. The highest BCUT2D eigenvalue weighted by molar-refractivity contribution is 7.18. The molecule has 3 heterocycles. The van der Waals surface area contributed by atoms with Crippen molar-refractivity contribution < 1.29 is 18.7 Å². The molecule has 9 heteroatoms. The average molecular weight is 472 g/mol. The molecule has 0 spiro atoms. The molecule has 0 saturated carbocycles. The number of ether oxygens (including phenoxy) is 2. The van der Waals surface area contributed by atoms with Gasteiger partial charge in [0.2, 0.25) is 5.28 Å². The smallest absolute Gasteiger partial charge is 0.416 e. The van der Waals surface area contributed by atoms with E-state index in [0.29, 0.717) is 17.1 Å². The molecule has 0 aliphatic carbocycles. The molecule has 3 aromatic heterocycles. The van der Waals surface area contributed by atoms with Gasteiger partial charge < -0.3 is 13.9 Å². The van der Waals surface area contributed by atoms with Crippen LogP contribution in [0.15, 0.2) is 52.5 Å². The molecule has 1 aromatic carbocycles. The van der Waals surface area contributed by atoms with E-state index in [2.05, 4.69) is 9.97 Å². The quantitative estimate of drug-likeness (QED) is 0.307. The molecule has 4 aromatic rings. The lowest BCUT2D eigenvalue weighted by atomic mass is 10.1. The van der Waals surface area contributed by atoms with Crippen molar-refractivity contribution in [2.45, 2.75) is 32.9 Å². The fourth-order valence-electron chi connectivity index (χ4n) is 3.14. The van der Waals surface area contributed by atoms with Crippen LogP contribution in [0.25, 0.3) is 21.3 Å². The fraction of sp³-hybridized carbons (Fsp3) is 0.261. The molecule has 166 valence electrons. The van der Waals surface area contributed by atoms with Gasteiger partial charge in [0.1, 0.15) is 17.1 Å². The van der Waals surface area contributed by atoms with Gasteiger partial charge in [0.05, 0.1) is 30.1 Å². The fourth-order valence-corrected chi connectivity index (χ4v) is 4.31. The van der Waals surface area contributed by atoms with Crippen LogP contribution in [0.3, 0.4) is 0 Å². The lowest BCUT2D eigenvalue weighted by molar-refractivity contribution is 0.0574. The maximum atomic E-state index is 13.1. The second kappa shape index (κ2) is 8.80. The number of hydrogen-bond acceptors (Lipinski definition) is 7. The Bertz CT molecular complexity index is 1230. The summed E-state index contributed by atoms with van der Waals surface area (Å²) in [4.78, 5) is 23.4. The van der Waals surface area contributed by atoms with Gasteiger partial charge in [-0.05, 0) is 62.2 Å². The minimum absolute atomic E-state index is 0.0358. The number of nitrogens with zero attached hydrogens (tertiary/aromatic N) is 3. The van der Waals surface area contributed by atoms with Gasteiger partial charge in [0, 0.05) is 10.9 Å². The van der Waals surface area contributed by atoms with E-state index in [0.717, 1.165) is 21.6 Å². The van der Waals surface area contributed by atoms with Crippen LogP contribution in [-0.2, 0) is 11.3 Å². The SMILES string of the molecule is COc1ccc(-c2csc3c(N(Cc4ccco4)C(=O)OC(C)(C)C)nc(Cl)nc23)cc1. The van der Waals surface area contributed by atoms with Crippen LogP contribution >= 0.6 is 22.9 Å². The number of hydrogen-bond donors (Lipinski definition) is 0. The van der Waals surface area contributed by atoms with E-state index >= 15 is 0 Å². The van der Waals surface area contributed by atoms with Gasteiger partial charge in [-0.3, -0.25) is 4.90 Å². The molecule has 0 N–H and O–H groups in total. The van der Waals surface area contributed by atoms with Gasteiger partial charge in [-0.25, -0.2) is 9.78 Å². The Morgan fingerprint density at radius 2 is 1.94 bits per heavy atom. The average Bonchev–Trinajstić information content (AvgIpc) is 3.40. The Kier molecular flexibility index (Phi) is 6.08. The van der Waals surface area contributed by atoms with Gasteiger partial charge in [-0.15, -0.1) is 11.3 Å². The molecule has 0 radical (unpaired) electrons. The Labute approximate surface area is 194 Å². The molecule has 7 nitrogen and oxygen atoms in total. The first kappa shape index (κ1) is 22.1. The van der Waals surface area contributed by atoms with E-state index in [9.17, 15) is 4.79 Å². The molecule has 32 heavy (non-hydrogen) atoms. The Morgan fingerprint density at radius 1 is 1.19 bits per heavy atom. The highest BCUT2D eigenvalue weighted by atomic mass is 35.5. The predicted molar refractivity (Wildman–Crippen MR) is 126 cm³/mol. The van der Waals surface area contributed by atoms with Crippen molar-refractivity contribution in [3.63, 3.8) is 0 Å². The van der Waals surface area contributed by atoms with Gasteiger partial charge >= 0.3 is 6.09 Å². The summed E-state index contributed by atoms with van der Waals surface area (Å²) >= 11 is 7.75. The van der Waals surface area contributed by atoms with Crippen molar-refractivity contribution in [2.75, 3.05) is 12.0 Å². The third-order valence-corrected chi connectivity index (χ3v) is 5.67. The van der Waals surface area contributed by atoms with Crippen molar-refractivity contribution in [1.29, 1.82) is 0 Å². The van der Waals surface area contributed by atoms with E-state index in [1.807, 2.05) is 50.4 Å². The van der Waals surface area contributed by atoms with Crippen molar-refractivity contribution in [1.82, 2.24) is 9.97 Å². The maximum Gasteiger partial charge on any atom is 0.416 e. The zero-order chi connectivity index (χ0) is 22.9. The minimum Gasteiger partial charge on any atom is -0.497 e. The summed E-state index contributed by atoms with van der Waals surface area (Å²) in [6, 6.07) is 11.2. The lowest BCUT2D eigenvalue weighted by Crippen LogP contribution is -2.37. The summed E-state index contributed by atoms with van der Waals surface area (Å²) < 4.78 is 17.1. The number of halogens is 1. The molecule has 0 aliphatic heterocycles. The largest absolute Gasteiger partial charge is 0.497 e. The zero-order valence-electron chi connectivity index (χ0n) is 18.1. The molecule has 0 saturated heterocycles. The number of carbonyl (C=O) groups excluding carboxylic acids is 1. The highest BCUT2D eigenvalue weighted by Crippen LogP contribution is 2.39. The topological polar surface area (TPSA) is 77.7 Å². The number of furan rings is 1. The molecule has 4 rings (SSSR count). The van der Waals surface area contributed by atoms with Crippen molar-refractivity contribution in [3.8, 4) is 16.9 Å². The minimum atomic E-state index is -0.682. The molecule has 1 amide bonds. The number of fused-ring (bicyclic) bond motifs is 1. The summed E-state index contributed by atoms with van der Waals surface area (Å²) in [5.74, 6) is 1.72. The number of carbonyl (C=O) groups is 1. The van der Waals surface area contributed by atoms with Crippen molar-refractivity contribution in [3.05, 3.63) is 59.1 Å². The molecule has 0 unspecified atom stereocenters. The summed E-state index contributed by atoms with van der Waals surface area (Å²) in [6.45, 7) is 5.57. The maximum absolute atomic E-state index is 13.1. The number of benzene rings is 1. The lowest BCUT2D eigenvalue weighted by Gasteiger charge is -2.26. The standard InChI is InChI=1S/C23H22ClN3O4S/c1-23(2,3)31-22(28)27(12-16-6-5-11-30-16)20-19-18(25-21(24)26-20)17(13-32-19)14-7-9-15(29-4)10-8-14/h5-11,13H,12H2,1-4H3. The number of aromatic nitrogens is 2. The van der Waals surface area contributed by atoms with E-state index < -0.39 is 11.7 Å². The molecular weight excluding hydrogens is 450 g/mol. The summed E-state index contributed by atoms with van der Waals surface area (Å²) in [5, 5.41) is 2.01.